The van der Waals surface area contributed by atoms with Gasteiger partial charge in [0.1, 0.15) is 4.38 Å². The second-order valence-corrected chi connectivity index (χ2v) is 6.16. The lowest BCUT2D eigenvalue weighted by Crippen LogP contribution is -2.06. The molecule has 0 aromatic heterocycles. The number of nitrogens with zero attached hydrogens (tertiary/aromatic N) is 1. The van der Waals surface area contributed by atoms with Crippen molar-refractivity contribution in [1.29, 1.82) is 0 Å². The summed E-state index contributed by atoms with van der Waals surface area (Å²) in [5.74, 6) is 0.667. The molecule has 0 bridgehead atoms. The van der Waals surface area contributed by atoms with Crippen LogP contribution in [0.15, 0.2) is 29.3 Å². The summed E-state index contributed by atoms with van der Waals surface area (Å²) in [7, 11) is 0. The highest BCUT2D eigenvalue weighted by Crippen LogP contribution is 2.45. The lowest BCUT2D eigenvalue weighted by molar-refractivity contribution is 0.287. The van der Waals surface area contributed by atoms with Gasteiger partial charge in [0.05, 0.1) is 12.3 Å². The minimum atomic E-state index is 0.163. The summed E-state index contributed by atoms with van der Waals surface area (Å²) in [6.07, 6.45) is 0.736. The van der Waals surface area contributed by atoms with Crippen LogP contribution < -0.4 is 0 Å². The van der Waals surface area contributed by atoms with Crippen molar-refractivity contribution in [3.8, 4) is 0 Å². The molecule has 1 unspecified atom stereocenters. The Morgan fingerprint density at radius 3 is 2.82 bits per heavy atom. The van der Waals surface area contributed by atoms with Crippen molar-refractivity contribution in [2.24, 2.45) is 4.99 Å². The van der Waals surface area contributed by atoms with E-state index in [1.54, 1.807) is 23.5 Å². The molecule has 0 saturated heterocycles. The molecule has 0 spiro atoms. The van der Waals surface area contributed by atoms with Crippen molar-refractivity contribution in [2.75, 3.05) is 19.0 Å². The smallest absolute Gasteiger partial charge is 0.131 e. The fourth-order valence-electron chi connectivity index (χ4n) is 1.70. The van der Waals surface area contributed by atoms with Crippen molar-refractivity contribution in [3.63, 3.8) is 0 Å². The fourth-order valence-corrected chi connectivity index (χ4v) is 3.95. The molecule has 1 aromatic carbocycles. The van der Waals surface area contributed by atoms with Gasteiger partial charge in [-0.3, -0.25) is 0 Å². The molecule has 2 N–H and O–H groups in total. The average molecular weight is 269 g/mol. The van der Waals surface area contributed by atoms with E-state index in [-0.39, 0.29) is 18.5 Å². The topological polar surface area (TPSA) is 52.8 Å². The summed E-state index contributed by atoms with van der Waals surface area (Å²) in [6.45, 7) is 0.348. The van der Waals surface area contributed by atoms with E-state index in [1.165, 1.54) is 5.56 Å². The van der Waals surface area contributed by atoms with Gasteiger partial charge < -0.3 is 10.2 Å². The van der Waals surface area contributed by atoms with Crippen LogP contribution >= 0.6 is 23.5 Å². The Kier molecular flexibility index (Phi) is 4.91. The van der Waals surface area contributed by atoms with E-state index < -0.39 is 0 Å². The zero-order chi connectivity index (χ0) is 12.1. The lowest BCUT2D eigenvalue weighted by atomic mass is 10.1. The molecule has 0 aliphatic carbocycles. The number of rotatable bonds is 4. The Morgan fingerprint density at radius 2 is 2.06 bits per heavy atom. The molecule has 0 radical (unpaired) electrons. The van der Waals surface area contributed by atoms with Gasteiger partial charge in [0, 0.05) is 17.6 Å². The first-order chi connectivity index (χ1) is 8.35. The van der Waals surface area contributed by atoms with E-state index >= 15 is 0 Å². The van der Waals surface area contributed by atoms with Crippen LogP contribution in [0.4, 0.5) is 5.69 Å². The summed E-state index contributed by atoms with van der Waals surface area (Å²) in [6, 6.07) is 8.05. The van der Waals surface area contributed by atoms with Crippen molar-refractivity contribution in [1.82, 2.24) is 0 Å². The highest BCUT2D eigenvalue weighted by Gasteiger charge is 2.22. The SMILES string of the molecule is OCCSC1=Nc2ccccc2C(CCO)S1. The van der Waals surface area contributed by atoms with E-state index in [1.807, 2.05) is 18.2 Å². The number of fused-ring (bicyclic) bond motifs is 1. The first-order valence-corrected chi connectivity index (χ1v) is 7.40. The average Bonchev–Trinajstić information content (AvgIpc) is 2.37. The third-order valence-electron chi connectivity index (χ3n) is 2.45. The first kappa shape index (κ1) is 13.0. The predicted molar refractivity (Wildman–Crippen MR) is 75.1 cm³/mol. The van der Waals surface area contributed by atoms with Crippen molar-refractivity contribution >= 4 is 33.6 Å². The van der Waals surface area contributed by atoms with Crippen molar-refractivity contribution < 1.29 is 10.2 Å². The van der Waals surface area contributed by atoms with E-state index in [4.69, 9.17) is 10.2 Å². The number of para-hydroxylation sites is 1. The van der Waals surface area contributed by atoms with Crippen molar-refractivity contribution in [2.45, 2.75) is 11.7 Å². The molecule has 1 aliphatic heterocycles. The Bertz CT molecular complexity index is 409. The molecule has 0 saturated carbocycles. The molecule has 17 heavy (non-hydrogen) atoms. The predicted octanol–water partition coefficient (Wildman–Crippen LogP) is 2.57. The number of aliphatic hydroxyl groups is 2. The van der Waals surface area contributed by atoms with Gasteiger partial charge >= 0.3 is 0 Å². The van der Waals surface area contributed by atoms with Crippen molar-refractivity contribution in [3.05, 3.63) is 29.8 Å². The quantitative estimate of drug-likeness (QED) is 0.882. The molecule has 0 amide bonds. The summed E-state index contributed by atoms with van der Waals surface area (Å²) in [5, 5.41) is 18.2. The van der Waals surface area contributed by atoms with Crippen LogP contribution in [-0.2, 0) is 0 Å². The summed E-state index contributed by atoms with van der Waals surface area (Å²) >= 11 is 3.25. The molecule has 0 fully saturated rings. The molecular formula is C12H15NO2S2. The monoisotopic (exact) mass is 269 g/mol. The Morgan fingerprint density at radius 1 is 1.24 bits per heavy atom. The third-order valence-corrected chi connectivity index (χ3v) is 4.88. The molecule has 3 nitrogen and oxygen atoms in total. The summed E-state index contributed by atoms with van der Waals surface area (Å²) in [5.41, 5.74) is 2.19. The molecule has 92 valence electrons. The molecule has 1 heterocycles. The van der Waals surface area contributed by atoms with Gasteiger partial charge in [0.15, 0.2) is 0 Å². The minimum absolute atomic E-state index is 0.163. The number of benzene rings is 1. The third kappa shape index (κ3) is 3.25. The standard InChI is InChI=1S/C12H15NO2S2/c14-6-5-11-9-3-1-2-4-10(9)13-12(17-11)16-8-7-15/h1-4,11,14-15H,5-8H2. The summed E-state index contributed by atoms with van der Waals surface area (Å²) < 4.78 is 0.983. The zero-order valence-electron chi connectivity index (χ0n) is 9.37. The molecule has 1 atom stereocenters. The van der Waals surface area contributed by atoms with Crippen LogP contribution in [0.3, 0.4) is 0 Å². The van der Waals surface area contributed by atoms with Crippen LogP contribution in [0.25, 0.3) is 0 Å². The molecule has 5 heteroatoms. The van der Waals surface area contributed by atoms with E-state index in [0.717, 1.165) is 16.5 Å². The van der Waals surface area contributed by atoms with Crippen LogP contribution in [0.5, 0.6) is 0 Å². The second kappa shape index (κ2) is 6.44. The lowest BCUT2D eigenvalue weighted by Gasteiger charge is -2.23. The second-order valence-electron chi connectivity index (χ2n) is 3.63. The molecule has 1 aromatic rings. The molecule has 2 rings (SSSR count). The largest absolute Gasteiger partial charge is 0.396 e. The maximum atomic E-state index is 9.11. The van der Waals surface area contributed by atoms with Gasteiger partial charge in [-0.15, -0.1) is 0 Å². The maximum Gasteiger partial charge on any atom is 0.131 e. The number of aliphatic hydroxyl groups excluding tert-OH is 2. The number of hydrogen-bond acceptors (Lipinski definition) is 5. The molecule has 1 aliphatic rings. The van der Waals surface area contributed by atoms with Gasteiger partial charge in [-0.05, 0) is 18.1 Å². The Labute approximate surface area is 109 Å². The van der Waals surface area contributed by atoms with Crippen LogP contribution in [0.1, 0.15) is 17.2 Å². The Balaban J connectivity index is 2.21. The highest BCUT2D eigenvalue weighted by molar-refractivity contribution is 8.39. The highest BCUT2D eigenvalue weighted by atomic mass is 32.2. The van der Waals surface area contributed by atoms with Crippen LogP contribution in [0.2, 0.25) is 0 Å². The van der Waals surface area contributed by atoms with Crippen LogP contribution in [0, 0.1) is 0 Å². The number of thioether (sulfide) groups is 2. The van der Waals surface area contributed by atoms with E-state index in [2.05, 4.69) is 11.1 Å². The van der Waals surface area contributed by atoms with E-state index in [0.29, 0.717) is 5.75 Å². The van der Waals surface area contributed by atoms with E-state index in [9.17, 15) is 0 Å². The normalized spacial score (nSPS) is 18.7. The number of hydrogen-bond donors (Lipinski definition) is 2. The van der Waals surface area contributed by atoms with Gasteiger partial charge in [-0.25, -0.2) is 4.99 Å². The zero-order valence-corrected chi connectivity index (χ0v) is 11.0. The van der Waals surface area contributed by atoms with Gasteiger partial charge in [-0.1, -0.05) is 41.7 Å². The Hall–Kier alpha value is -0.490. The fraction of sp³-hybridized carbons (Fsp3) is 0.417. The number of aliphatic imine (C=N–C) groups is 1. The van der Waals surface area contributed by atoms with Crippen LogP contribution in [-0.4, -0.2) is 33.6 Å². The summed E-state index contributed by atoms with van der Waals surface area (Å²) in [4.78, 5) is 4.57. The molecular weight excluding hydrogens is 254 g/mol. The first-order valence-electron chi connectivity index (χ1n) is 5.54. The van der Waals surface area contributed by atoms with Gasteiger partial charge in [0.25, 0.3) is 0 Å². The minimum Gasteiger partial charge on any atom is -0.396 e. The van der Waals surface area contributed by atoms with Gasteiger partial charge in [-0.2, -0.15) is 0 Å². The van der Waals surface area contributed by atoms with Gasteiger partial charge in [0.2, 0.25) is 0 Å². The maximum absolute atomic E-state index is 9.11.